The largest absolute Gasteiger partial charge is 0.312 e. The minimum Gasteiger partial charge on any atom is -0.312 e. The second kappa shape index (κ2) is 5.63. The number of nitrogens with one attached hydrogen (secondary N) is 1. The summed E-state index contributed by atoms with van der Waals surface area (Å²) < 4.78 is 1.90. The molecule has 5 nitrogen and oxygen atoms in total. The molecule has 1 heterocycles. The number of hydrogen-bond donors (Lipinski definition) is 1. The summed E-state index contributed by atoms with van der Waals surface area (Å²) in [5.41, 5.74) is 0. The highest BCUT2D eigenvalue weighted by Crippen LogP contribution is 2.22. The number of rotatable bonds is 7. The van der Waals surface area contributed by atoms with Crippen LogP contribution in [0.2, 0.25) is 0 Å². The molecule has 0 amide bonds. The van der Waals surface area contributed by atoms with E-state index in [4.69, 9.17) is 0 Å². The van der Waals surface area contributed by atoms with Gasteiger partial charge in [0, 0.05) is 17.8 Å². The molecule has 1 fully saturated rings. The minimum absolute atomic E-state index is 0.571. The normalized spacial score (nSPS) is 17.6. The third-order valence-electron chi connectivity index (χ3n) is 2.71. The van der Waals surface area contributed by atoms with E-state index in [0.717, 1.165) is 30.7 Å². The smallest absolute Gasteiger partial charge is 0.209 e. The summed E-state index contributed by atoms with van der Waals surface area (Å²) in [6, 6.07) is 0.752. The summed E-state index contributed by atoms with van der Waals surface area (Å²) in [5.74, 6) is 0. The van der Waals surface area contributed by atoms with Crippen LogP contribution in [0.1, 0.15) is 33.1 Å². The minimum atomic E-state index is 0.571. The molecule has 0 aromatic carbocycles. The van der Waals surface area contributed by atoms with Gasteiger partial charge in [0.1, 0.15) is 0 Å². The first kappa shape index (κ1) is 11.9. The molecular weight excluding hydrogens is 222 g/mol. The molecule has 1 saturated carbocycles. The van der Waals surface area contributed by atoms with E-state index < -0.39 is 0 Å². The highest BCUT2D eigenvalue weighted by atomic mass is 32.2. The topological polar surface area (TPSA) is 55.6 Å². The van der Waals surface area contributed by atoms with Gasteiger partial charge in [-0.2, -0.15) is 0 Å². The maximum absolute atomic E-state index is 4.05. The van der Waals surface area contributed by atoms with E-state index >= 15 is 0 Å². The van der Waals surface area contributed by atoms with E-state index in [1.54, 1.807) is 11.8 Å². The van der Waals surface area contributed by atoms with Crippen molar-refractivity contribution >= 4 is 11.8 Å². The average molecular weight is 241 g/mol. The molecule has 0 bridgehead atoms. The Kier molecular flexibility index (Phi) is 4.17. The summed E-state index contributed by atoms with van der Waals surface area (Å²) in [5, 5.41) is 16.8. The van der Waals surface area contributed by atoms with E-state index in [2.05, 4.69) is 34.7 Å². The SMILES string of the molecule is CCC(C)Sc1nnnn1CCNC1CC1. The molecule has 6 heteroatoms. The Bertz CT molecular complexity index is 323. The lowest BCUT2D eigenvalue weighted by molar-refractivity contribution is 0.509. The summed E-state index contributed by atoms with van der Waals surface area (Å²) in [7, 11) is 0. The van der Waals surface area contributed by atoms with Gasteiger partial charge in [0.05, 0.1) is 6.54 Å². The maximum Gasteiger partial charge on any atom is 0.209 e. The number of hydrogen-bond acceptors (Lipinski definition) is 5. The molecule has 1 aromatic rings. The molecular formula is C10H19N5S. The van der Waals surface area contributed by atoms with Gasteiger partial charge in [-0.05, 0) is 29.7 Å². The van der Waals surface area contributed by atoms with Crippen LogP contribution in [-0.2, 0) is 6.54 Å². The molecule has 0 saturated heterocycles. The number of tetrazole rings is 1. The first-order valence-corrected chi connectivity index (χ1v) is 6.83. The van der Waals surface area contributed by atoms with Crippen molar-refractivity contribution in [2.45, 2.75) is 56.1 Å². The van der Waals surface area contributed by atoms with Crippen LogP contribution < -0.4 is 5.32 Å². The van der Waals surface area contributed by atoms with Gasteiger partial charge in [0.25, 0.3) is 0 Å². The Morgan fingerprint density at radius 3 is 3.06 bits per heavy atom. The van der Waals surface area contributed by atoms with Crippen LogP contribution in [0.4, 0.5) is 0 Å². The number of nitrogens with zero attached hydrogens (tertiary/aromatic N) is 4. The fourth-order valence-electron chi connectivity index (χ4n) is 1.35. The quantitative estimate of drug-likeness (QED) is 0.730. The van der Waals surface area contributed by atoms with Crippen LogP contribution in [0.25, 0.3) is 0 Å². The first-order valence-electron chi connectivity index (χ1n) is 5.95. The first-order chi connectivity index (χ1) is 7.79. The van der Waals surface area contributed by atoms with Crippen LogP contribution in [0.15, 0.2) is 5.16 Å². The number of aromatic nitrogens is 4. The summed E-state index contributed by atoms with van der Waals surface area (Å²) in [6.45, 7) is 6.21. The lowest BCUT2D eigenvalue weighted by Crippen LogP contribution is -2.22. The van der Waals surface area contributed by atoms with Crippen molar-refractivity contribution in [3.63, 3.8) is 0 Å². The van der Waals surface area contributed by atoms with E-state index in [1.807, 2.05) is 4.68 Å². The van der Waals surface area contributed by atoms with Crippen LogP contribution in [0.5, 0.6) is 0 Å². The highest BCUT2D eigenvalue weighted by Gasteiger charge is 2.20. The van der Waals surface area contributed by atoms with Crippen molar-refractivity contribution in [3.05, 3.63) is 0 Å². The van der Waals surface area contributed by atoms with Crippen molar-refractivity contribution in [3.8, 4) is 0 Å². The predicted octanol–water partition coefficient (Wildman–Crippen LogP) is 1.32. The molecule has 1 unspecified atom stereocenters. The monoisotopic (exact) mass is 241 g/mol. The van der Waals surface area contributed by atoms with Gasteiger partial charge >= 0.3 is 0 Å². The van der Waals surface area contributed by atoms with Crippen molar-refractivity contribution in [1.82, 2.24) is 25.5 Å². The summed E-state index contributed by atoms with van der Waals surface area (Å²) in [4.78, 5) is 0. The summed E-state index contributed by atoms with van der Waals surface area (Å²) >= 11 is 1.75. The predicted molar refractivity (Wildman–Crippen MR) is 64.5 cm³/mol. The van der Waals surface area contributed by atoms with Gasteiger partial charge in [0.2, 0.25) is 5.16 Å². The molecule has 2 rings (SSSR count). The third-order valence-corrected chi connectivity index (χ3v) is 3.95. The Labute approximate surface area is 100 Å². The molecule has 1 atom stereocenters. The molecule has 1 N–H and O–H groups in total. The molecule has 0 radical (unpaired) electrons. The molecule has 90 valence electrons. The van der Waals surface area contributed by atoms with E-state index in [1.165, 1.54) is 12.8 Å². The standard InChI is InChI=1S/C10H19N5S/c1-3-8(2)16-10-12-13-14-15(10)7-6-11-9-4-5-9/h8-9,11H,3-7H2,1-2H3. The van der Waals surface area contributed by atoms with Crippen molar-refractivity contribution in [2.75, 3.05) is 6.54 Å². The molecule has 0 spiro atoms. The fraction of sp³-hybridized carbons (Fsp3) is 0.900. The Morgan fingerprint density at radius 1 is 1.56 bits per heavy atom. The molecule has 1 aliphatic carbocycles. The lowest BCUT2D eigenvalue weighted by Gasteiger charge is -2.08. The zero-order chi connectivity index (χ0) is 11.4. The van der Waals surface area contributed by atoms with Gasteiger partial charge in [0.15, 0.2) is 0 Å². The Morgan fingerprint density at radius 2 is 2.38 bits per heavy atom. The number of thioether (sulfide) groups is 1. The zero-order valence-electron chi connectivity index (χ0n) is 9.89. The van der Waals surface area contributed by atoms with Gasteiger partial charge in [-0.25, -0.2) is 4.68 Å². The van der Waals surface area contributed by atoms with Crippen LogP contribution in [0, 0.1) is 0 Å². The Hall–Kier alpha value is -0.620. The van der Waals surface area contributed by atoms with Crippen LogP contribution in [-0.4, -0.2) is 38.0 Å². The lowest BCUT2D eigenvalue weighted by atomic mass is 10.4. The van der Waals surface area contributed by atoms with Crippen molar-refractivity contribution < 1.29 is 0 Å². The molecule has 1 aliphatic rings. The molecule has 1 aromatic heterocycles. The van der Waals surface area contributed by atoms with Gasteiger partial charge < -0.3 is 5.32 Å². The molecule has 16 heavy (non-hydrogen) atoms. The van der Waals surface area contributed by atoms with Gasteiger partial charge in [-0.1, -0.05) is 25.6 Å². The Balaban J connectivity index is 1.80. The van der Waals surface area contributed by atoms with Gasteiger partial charge in [-0.3, -0.25) is 0 Å². The maximum atomic E-state index is 4.05. The van der Waals surface area contributed by atoms with Crippen LogP contribution in [0.3, 0.4) is 0 Å². The fourth-order valence-corrected chi connectivity index (χ4v) is 2.21. The van der Waals surface area contributed by atoms with E-state index in [0.29, 0.717) is 5.25 Å². The van der Waals surface area contributed by atoms with Crippen molar-refractivity contribution in [2.24, 2.45) is 0 Å². The average Bonchev–Trinajstić information content (AvgIpc) is 3.00. The molecule has 0 aliphatic heterocycles. The second-order valence-corrected chi connectivity index (χ2v) is 5.66. The highest BCUT2D eigenvalue weighted by molar-refractivity contribution is 7.99. The summed E-state index contributed by atoms with van der Waals surface area (Å²) in [6.07, 6.45) is 3.78. The zero-order valence-corrected chi connectivity index (χ0v) is 10.7. The third kappa shape index (κ3) is 3.45. The van der Waals surface area contributed by atoms with Gasteiger partial charge in [-0.15, -0.1) is 5.10 Å². The van der Waals surface area contributed by atoms with E-state index in [9.17, 15) is 0 Å². The second-order valence-electron chi connectivity index (χ2n) is 4.25. The van der Waals surface area contributed by atoms with E-state index in [-0.39, 0.29) is 0 Å². The van der Waals surface area contributed by atoms with Crippen LogP contribution >= 0.6 is 11.8 Å². The van der Waals surface area contributed by atoms with Crippen molar-refractivity contribution in [1.29, 1.82) is 0 Å².